The highest BCUT2D eigenvalue weighted by atomic mass is 16.3. The second-order valence-corrected chi connectivity index (χ2v) is 6.02. The molecule has 0 bridgehead atoms. The molecule has 0 aliphatic heterocycles. The zero-order valence-corrected chi connectivity index (χ0v) is 14.5. The molecule has 0 radical (unpaired) electrons. The van der Waals surface area contributed by atoms with Crippen molar-refractivity contribution >= 4 is 22.5 Å². The Morgan fingerprint density at radius 1 is 1.04 bits per heavy atom. The number of rotatable bonds is 4. The molecule has 0 aliphatic rings. The van der Waals surface area contributed by atoms with E-state index in [4.69, 9.17) is 0 Å². The van der Waals surface area contributed by atoms with Crippen molar-refractivity contribution in [2.24, 2.45) is 10.2 Å². The van der Waals surface area contributed by atoms with Crippen molar-refractivity contribution in [1.82, 2.24) is 19.7 Å². The maximum atomic E-state index is 11.6. The lowest BCUT2D eigenvalue weighted by atomic mass is 10.2. The van der Waals surface area contributed by atoms with Gasteiger partial charge in [-0.25, -0.2) is 0 Å². The van der Waals surface area contributed by atoms with E-state index >= 15 is 0 Å². The fraction of sp³-hybridized carbons (Fsp3) is 0.105. The van der Waals surface area contributed by atoms with E-state index in [1.165, 1.54) is 0 Å². The van der Waals surface area contributed by atoms with Gasteiger partial charge in [-0.2, -0.15) is 0 Å². The fourth-order valence-electron chi connectivity index (χ4n) is 2.82. The van der Waals surface area contributed by atoms with Crippen LogP contribution in [0.1, 0.15) is 11.3 Å². The summed E-state index contributed by atoms with van der Waals surface area (Å²) in [6.07, 6.45) is 0. The lowest BCUT2D eigenvalue weighted by Gasteiger charge is -2.06. The Bertz CT molecular complexity index is 1190. The first-order valence-electron chi connectivity index (χ1n) is 8.33. The average molecular weight is 360 g/mol. The number of aromatic hydroxyl groups is 1. The van der Waals surface area contributed by atoms with Crippen molar-refractivity contribution in [3.05, 3.63) is 76.2 Å². The number of para-hydroxylation sites is 1. The Hall–Kier alpha value is -3.81. The molecule has 4 rings (SSSR count). The Balaban J connectivity index is 1.79. The van der Waals surface area contributed by atoms with Gasteiger partial charge in [-0.3, -0.25) is 9.78 Å². The molecule has 4 aromatic rings. The highest BCUT2D eigenvalue weighted by Gasteiger charge is 2.16. The van der Waals surface area contributed by atoms with Crippen molar-refractivity contribution in [3.8, 4) is 5.88 Å². The van der Waals surface area contributed by atoms with Crippen LogP contribution in [0.2, 0.25) is 0 Å². The second-order valence-electron chi connectivity index (χ2n) is 6.02. The van der Waals surface area contributed by atoms with Crippen LogP contribution in [0, 0.1) is 6.92 Å². The van der Waals surface area contributed by atoms with E-state index in [0.717, 1.165) is 16.5 Å². The molecule has 2 aromatic heterocycles. The van der Waals surface area contributed by atoms with Gasteiger partial charge in [0.1, 0.15) is 5.69 Å². The van der Waals surface area contributed by atoms with Gasteiger partial charge in [0.2, 0.25) is 5.88 Å². The monoisotopic (exact) mass is 360 g/mol. The molecular weight excluding hydrogens is 344 g/mol. The summed E-state index contributed by atoms with van der Waals surface area (Å²) in [5, 5.41) is 27.1. The van der Waals surface area contributed by atoms with Gasteiger partial charge in [-0.1, -0.05) is 48.5 Å². The normalized spacial score (nSPS) is 11.4. The first kappa shape index (κ1) is 16.6. The lowest BCUT2D eigenvalue weighted by molar-refractivity contribution is 0.429. The molecule has 27 heavy (non-hydrogen) atoms. The lowest BCUT2D eigenvalue weighted by Crippen LogP contribution is -2.12. The summed E-state index contributed by atoms with van der Waals surface area (Å²) < 4.78 is 1.77. The van der Waals surface area contributed by atoms with Gasteiger partial charge >= 0.3 is 0 Å². The van der Waals surface area contributed by atoms with E-state index in [0.29, 0.717) is 12.2 Å². The van der Waals surface area contributed by atoms with E-state index < -0.39 is 0 Å². The van der Waals surface area contributed by atoms with E-state index in [-0.39, 0.29) is 23.1 Å². The Labute approximate surface area is 153 Å². The molecule has 0 aliphatic carbocycles. The molecule has 134 valence electrons. The van der Waals surface area contributed by atoms with Crippen LogP contribution in [0.3, 0.4) is 0 Å². The highest BCUT2D eigenvalue weighted by molar-refractivity contribution is 5.95. The van der Waals surface area contributed by atoms with Crippen molar-refractivity contribution in [3.63, 3.8) is 0 Å². The summed E-state index contributed by atoms with van der Waals surface area (Å²) in [5.41, 5.74) is 2.05. The number of azo groups is 1. The van der Waals surface area contributed by atoms with Crippen LogP contribution in [-0.2, 0) is 6.54 Å². The number of hydrogen-bond donors (Lipinski definition) is 2. The first-order chi connectivity index (χ1) is 13.1. The number of aromatic nitrogens is 4. The quantitative estimate of drug-likeness (QED) is 0.542. The van der Waals surface area contributed by atoms with Crippen LogP contribution in [0.25, 0.3) is 10.9 Å². The van der Waals surface area contributed by atoms with Crippen LogP contribution >= 0.6 is 0 Å². The predicted molar refractivity (Wildman–Crippen MR) is 101 cm³/mol. The molecule has 0 atom stereocenters. The Kier molecular flexibility index (Phi) is 4.21. The van der Waals surface area contributed by atoms with Crippen molar-refractivity contribution in [1.29, 1.82) is 0 Å². The van der Waals surface area contributed by atoms with E-state index in [1.54, 1.807) is 11.5 Å². The highest BCUT2D eigenvalue weighted by Crippen LogP contribution is 2.39. The third-order valence-corrected chi connectivity index (χ3v) is 4.19. The molecule has 2 N–H and O–H groups in total. The van der Waals surface area contributed by atoms with Gasteiger partial charge in [0.05, 0.1) is 12.1 Å². The van der Waals surface area contributed by atoms with E-state index in [9.17, 15) is 9.90 Å². The van der Waals surface area contributed by atoms with Crippen molar-refractivity contribution in [2.75, 3.05) is 0 Å². The number of benzene rings is 2. The van der Waals surface area contributed by atoms with Gasteiger partial charge in [-0.05, 0) is 18.6 Å². The van der Waals surface area contributed by atoms with Crippen LogP contribution in [0.5, 0.6) is 5.88 Å². The summed E-state index contributed by atoms with van der Waals surface area (Å²) in [7, 11) is 0. The van der Waals surface area contributed by atoms with Crippen LogP contribution in [-0.4, -0.2) is 24.9 Å². The minimum absolute atomic E-state index is 0.00813. The third kappa shape index (κ3) is 3.20. The summed E-state index contributed by atoms with van der Waals surface area (Å²) >= 11 is 0. The maximum Gasteiger partial charge on any atom is 0.274 e. The van der Waals surface area contributed by atoms with E-state index in [1.807, 2.05) is 54.6 Å². The smallest absolute Gasteiger partial charge is 0.274 e. The predicted octanol–water partition coefficient (Wildman–Crippen LogP) is 3.60. The van der Waals surface area contributed by atoms with Crippen molar-refractivity contribution in [2.45, 2.75) is 13.5 Å². The largest absolute Gasteiger partial charge is 0.493 e. The number of aryl methyl sites for hydroxylation is 1. The Morgan fingerprint density at radius 3 is 2.56 bits per heavy atom. The molecule has 2 aromatic carbocycles. The summed E-state index contributed by atoms with van der Waals surface area (Å²) in [4.78, 5) is 14.1. The van der Waals surface area contributed by atoms with Gasteiger partial charge < -0.3 is 9.67 Å². The van der Waals surface area contributed by atoms with Crippen LogP contribution in [0.4, 0.5) is 11.6 Å². The summed E-state index contributed by atoms with van der Waals surface area (Å²) in [6, 6.07) is 17.3. The fourth-order valence-corrected chi connectivity index (χ4v) is 2.82. The molecule has 0 saturated heterocycles. The number of nitrogens with zero attached hydrogens (tertiary/aromatic N) is 5. The molecule has 8 heteroatoms. The van der Waals surface area contributed by atoms with Crippen LogP contribution in [0.15, 0.2) is 69.6 Å². The zero-order valence-electron chi connectivity index (χ0n) is 14.5. The zero-order chi connectivity index (χ0) is 18.8. The average Bonchev–Trinajstić information content (AvgIpc) is 2.95. The second kappa shape index (κ2) is 6.83. The molecule has 0 saturated carbocycles. The topological polar surface area (TPSA) is 109 Å². The van der Waals surface area contributed by atoms with Gasteiger partial charge in [0, 0.05) is 5.39 Å². The minimum atomic E-state index is -0.380. The molecule has 0 spiro atoms. The molecular formula is C19H16N6O2. The van der Waals surface area contributed by atoms with Gasteiger partial charge in [0.25, 0.3) is 11.5 Å². The van der Waals surface area contributed by atoms with Crippen molar-refractivity contribution < 1.29 is 5.11 Å². The minimum Gasteiger partial charge on any atom is -0.493 e. The standard InChI is InChI=1S/C19H16N6O2/c1-12-17(26)20-19(23-21-12)24-22-16-14-9-5-6-10-15(14)25(18(16)27)11-13-7-3-2-4-8-13/h2-10,27H,11H2,1H3,(H,20,23,26). The van der Waals surface area contributed by atoms with Crippen LogP contribution < -0.4 is 5.56 Å². The maximum absolute atomic E-state index is 11.6. The molecule has 0 unspecified atom stereocenters. The molecule has 8 nitrogen and oxygen atoms in total. The number of hydrogen-bond acceptors (Lipinski definition) is 6. The summed E-state index contributed by atoms with van der Waals surface area (Å²) in [6.45, 7) is 2.04. The molecule has 0 amide bonds. The first-order valence-corrected chi connectivity index (χ1v) is 8.33. The Morgan fingerprint density at radius 2 is 1.78 bits per heavy atom. The number of nitrogens with one attached hydrogen (secondary N) is 1. The number of fused-ring (bicyclic) bond motifs is 1. The van der Waals surface area contributed by atoms with Gasteiger partial charge in [-0.15, -0.1) is 20.4 Å². The molecule has 2 heterocycles. The van der Waals surface area contributed by atoms with E-state index in [2.05, 4.69) is 25.4 Å². The molecule has 0 fully saturated rings. The number of aromatic amines is 1. The number of H-pyrrole nitrogens is 1. The van der Waals surface area contributed by atoms with Gasteiger partial charge in [0.15, 0.2) is 5.69 Å². The third-order valence-electron chi connectivity index (χ3n) is 4.19. The SMILES string of the molecule is Cc1nnc(N=Nc2c(O)n(Cc3ccccc3)c3ccccc23)[nH]c1=O. The summed E-state index contributed by atoms with van der Waals surface area (Å²) in [5.74, 6) is -0.0314.